The smallest absolute Gasteiger partial charge is 0.211 e. The molecule has 17 heavy (non-hydrogen) atoms. The first-order valence-electron chi connectivity index (χ1n) is 5.79. The van der Waals surface area contributed by atoms with Gasteiger partial charge in [0.05, 0.1) is 6.26 Å². The summed E-state index contributed by atoms with van der Waals surface area (Å²) in [6.07, 6.45) is 2.05. The van der Waals surface area contributed by atoms with E-state index in [2.05, 4.69) is 5.32 Å². The van der Waals surface area contributed by atoms with Crippen molar-refractivity contribution in [1.82, 2.24) is 9.62 Å². The highest BCUT2D eigenvalue weighted by molar-refractivity contribution is 7.88. The summed E-state index contributed by atoms with van der Waals surface area (Å²) in [6.45, 7) is 2.02. The number of benzene rings is 1. The van der Waals surface area contributed by atoms with E-state index >= 15 is 0 Å². The second-order valence-electron chi connectivity index (χ2n) is 4.42. The first kappa shape index (κ1) is 12.5. The van der Waals surface area contributed by atoms with E-state index in [9.17, 15) is 8.42 Å². The Labute approximate surface area is 103 Å². The van der Waals surface area contributed by atoms with Gasteiger partial charge >= 0.3 is 0 Å². The summed E-state index contributed by atoms with van der Waals surface area (Å²) < 4.78 is 25.0. The third kappa shape index (κ3) is 3.28. The van der Waals surface area contributed by atoms with Crippen LogP contribution in [0.2, 0.25) is 0 Å². The number of hydrogen-bond donors (Lipinski definition) is 1. The van der Waals surface area contributed by atoms with Crippen molar-refractivity contribution in [3.8, 4) is 0 Å². The molecule has 2 rings (SSSR count). The van der Waals surface area contributed by atoms with Crippen LogP contribution >= 0.6 is 0 Å². The molecule has 1 saturated heterocycles. The van der Waals surface area contributed by atoms with Gasteiger partial charge in [-0.2, -0.15) is 4.31 Å². The molecule has 0 aromatic heterocycles. The highest BCUT2D eigenvalue weighted by Gasteiger charge is 2.28. The number of rotatable bonds is 3. The molecule has 0 aliphatic carbocycles. The van der Waals surface area contributed by atoms with Crippen LogP contribution in [0.15, 0.2) is 30.3 Å². The molecule has 1 aliphatic heterocycles. The largest absolute Gasteiger partial charge is 0.314 e. The number of piperazine rings is 1. The summed E-state index contributed by atoms with van der Waals surface area (Å²) in [5, 5.41) is 3.25. The van der Waals surface area contributed by atoms with Gasteiger partial charge in [-0.3, -0.25) is 0 Å². The molecular weight excluding hydrogens is 236 g/mol. The van der Waals surface area contributed by atoms with E-state index in [1.807, 2.05) is 30.3 Å². The first-order chi connectivity index (χ1) is 8.07. The van der Waals surface area contributed by atoms with Crippen molar-refractivity contribution in [2.45, 2.75) is 12.5 Å². The Morgan fingerprint density at radius 3 is 2.71 bits per heavy atom. The predicted octanol–water partition coefficient (Wildman–Crippen LogP) is 0.463. The number of nitrogens with zero attached hydrogens (tertiary/aromatic N) is 1. The molecular formula is C12H18N2O2S. The van der Waals surface area contributed by atoms with Gasteiger partial charge in [-0.05, 0) is 12.0 Å². The number of nitrogens with one attached hydrogen (secondary N) is 1. The molecule has 0 radical (unpaired) electrons. The van der Waals surface area contributed by atoms with Crippen LogP contribution in [0.5, 0.6) is 0 Å². The molecule has 1 atom stereocenters. The summed E-state index contributed by atoms with van der Waals surface area (Å²) in [4.78, 5) is 0. The van der Waals surface area contributed by atoms with Crippen LogP contribution in [0.25, 0.3) is 0 Å². The summed E-state index contributed by atoms with van der Waals surface area (Å²) >= 11 is 0. The Hall–Kier alpha value is -0.910. The lowest BCUT2D eigenvalue weighted by molar-refractivity contribution is 0.267. The molecule has 0 saturated carbocycles. The third-order valence-corrected chi connectivity index (χ3v) is 4.37. The molecule has 0 amide bonds. The van der Waals surface area contributed by atoms with Gasteiger partial charge in [0.15, 0.2) is 0 Å². The van der Waals surface area contributed by atoms with E-state index in [1.54, 1.807) is 4.31 Å². The molecule has 94 valence electrons. The minimum atomic E-state index is -3.10. The number of hydrogen-bond acceptors (Lipinski definition) is 3. The minimum Gasteiger partial charge on any atom is -0.314 e. The van der Waals surface area contributed by atoms with E-state index in [-0.39, 0.29) is 6.04 Å². The molecule has 1 aromatic rings. The lowest BCUT2D eigenvalue weighted by Crippen LogP contribution is -2.54. The van der Waals surface area contributed by atoms with Gasteiger partial charge < -0.3 is 5.32 Å². The fourth-order valence-corrected chi connectivity index (χ4v) is 3.35. The van der Waals surface area contributed by atoms with Crippen molar-refractivity contribution in [3.05, 3.63) is 35.9 Å². The van der Waals surface area contributed by atoms with E-state index in [0.29, 0.717) is 6.54 Å². The van der Waals surface area contributed by atoms with Crippen LogP contribution in [0.4, 0.5) is 0 Å². The van der Waals surface area contributed by atoms with Crippen LogP contribution in [0.3, 0.4) is 0 Å². The van der Waals surface area contributed by atoms with E-state index in [0.717, 1.165) is 19.5 Å². The Morgan fingerprint density at radius 2 is 2.06 bits per heavy atom. The van der Waals surface area contributed by atoms with Crippen LogP contribution < -0.4 is 5.32 Å². The summed E-state index contributed by atoms with van der Waals surface area (Å²) in [5.41, 5.74) is 1.18. The predicted molar refractivity (Wildman–Crippen MR) is 68.4 cm³/mol. The topological polar surface area (TPSA) is 49.4 Å². The van der Waals surface area contributed by atoms with Gasteiger partial charge in [-0.15, -0.1) is 0 Å². The molecule has 1 unspecified atom stereocenters. The molecule has 0 spiro atoms. The minimum absolute atomic E-state index is 0.0288. The van der Waals surface area contributed by atoms with Crippen molar-refractivity contribution >= 4 is 10.0 Å². The van der Waals surface area contributed by atoms with Gasteiger partial charge in [0.25, 0.3) is 0 Å². The van der Waals surface area contributed by atoms with E-state index in [1.165, 1.54) is 11.8 Å². The maximum atomic E-state index is 11.7. The quantitative estimate of drug-likeness (QED) is 0.852. The van der Waals surface area contributed by atoms with Crippen molar-refractivity contribution in [3.63, 3.8) is 0 Å². The van der Waals surface area contributed by atoms with E-state index in [4.69, 9.17) is 0 Å². The maximum Gasteiger partial charge on any atom is 0.211 e. The summed E-state index contributed by atoms with van der Waals surface area (Å²) in [5.74, 6) is 0. The normalized spacial score (nSPS) is 22.5. The van der Waals surface area contributed by atoms with Crippen molar-refractivity contribution in [2.75, 3.05) is 25.9 Å². The fraction of sp³-hybridized carbons (Fsp3) is 0.500. The Morgan fingerprint density at radius 1 is 1.35 bits per heavy atom. The molecule has 1 heterocycles. The fourth-order valence-electron chi connectivity index (χ4n) is 2.24. The highest BCUT2D eigenvalue weighted by Crippen LogP contribution is 2.13. The van der Waals surface area contributed by atoms with Crippen LogP contribution in [-0.2, 0) is 16.4 Å². The molecule has 4 nitrogen and oxygen atoms in total. The van der Waals surface area contributed by atoms with Crippen LogP contribution in [-0.4, -0.2) is 44.7 Å². The zero-order valence-electron chi connectivity index (χ0n) is 9.96. The SMILES string of the molecule is CS(=O)(=O)N1CCNCC1Cc1ccccc1. The van der Waals surface area contributed by atoms with Crippen molar-refractivity contribution < 1.29 is 8.42 Å². The van der Waals surface area contributed by atoms with Gasteiger partial charge in [-0.1, -0.05) is 30.3 Å². The van der Waals surface area contributed by atoms with Crippen LogP contribution in [0, 0.1) is 0 Å². The van der Waals surface area contributed by atoms with Gasteiger partial charge in [0, 0.05) is 25.7 Å². The Balaban J connectivity index is 2.13. The number of sulfonamides is 1. The Bertz CT molecular complexity index is 459. The standard InChI is InChI=1S/C12H18N2O2S/c1-17(15,16)14-8-7-13-10-12(14)9-11-5-3-2-4-6-11/h2-6,12-13H,7-10H2,1H3. The van der Waals surface area contributed by atoms with Gasteiger partial charge in [0.1, 0.15) is 0 Å². The molecule has 1 aromatic carbocycles. The second kappa shape index (κ2) is 5.16. The molecule has 1 fully saturated rings. The molecule has 5 heteroatoms. The molecule has 0 bridgehead atoms. The Kier molecular flexibility index (Phi) is 3.81. The lowest BCUT2D eigenvalue weighted by atomic mass is 10.1. The molecule has 1 N–H and O–H groups in total. The molecule has 1 aliphatic rings. The maximum absolute atomic E-state index is 11.7. The van der Waals surface area contributed by atoms with Gasteiger partial charge in [-0.25, -0.2) is 8.42 Å². The first-order valence-corrected chi connectivity index (χ1v) is 7.63. The summed E-state index contributed by atoms with van der Waals surface area (Å²) in [6, 6.07) is 10.0. The average molecular weight is 254 g/mol. The average Bonchev–Trinajstić information content (AvgIpc) is 2.30. The highest BCUT2D eigenvalue weighted by atomic mass is 32.2. The van der Waals surface area contributed by atoms with Crippen LogP contribution in [0.1, 0.15) is 5.56 Å². The summed E-state index contributed by atoms with van der Waals surface area (Å²) in [7, 11) is -3.10. The lowest BCUT2D eigenvalue weighted by Gasteiger charge is -2.34. The zero-order valence-corrected chi connectivity index (χ0v) is 10.8. The van der Waals surface area contributed by atoms with E-state index < -0.39 is 10.0 Å². The van der Waals surface area contributed by atoms with Crippen molar-refractivity contribution in [1.29, 1.82) is 0 Å². The third-order valence-electron chi connectivity index (χ3n) is 3.04. The van der Waals surface area contributed by atoms with Crippen molar-refractivity contribution in [2.24, 2.45) is 0 Å². The monoisotopic (exact) mass is 254 g/mol. The van der Waals surface area contributed by atoms with Gasteiger partial charge in [0.2, 0.25) is 10.0 Å². The second-order valence-corrected chi connectivity index (χ2v) is 6.36. The zero-order chi connectivity index (χ0) is 12.3.